The molecular formula is C14H21N3O3. The fourth-order valence-electron chi connectivity index (χ4n) is 1.69. The topological polar surface area (TPSA) is 71.5 Å². The van der Waals surface area contributed by atoms with Crippen molar-refractivity contribution in [2.75, 3.05) is 31.1 Å². The van der Waals surface area contributed by atoms with E-state index in [4.69, 9.17) is 4.74 Å². The highest BCUT2D eigenvalue weighted by Gasteiger charge is 2.12. The maximum absolute atomic E-state index is 11.6. The third-order valence-electron chi connectivity index (χ3n) is 2.67. The summed E-state index contributed by atoms with van der Waals surface area (Å²) in [5, 5.41) is 2.74. The minimum Gasteiger partial charge on any atom is -0.462 e. The van der Waals surface area contributed by atoms with Gasteiger partial charge in [-0.15, -0.1) is 0 Å². The molecule has 1 N–H and O–H groups in total. The monoisotopic (exact) mass is 279 g/mol. The van der Waals surface area contributed by atoms with E-state index in [1.807, 2.05) is 18.7 Å². The van der Waals surface area contributed by atoms with Crippen LogP contribution in [0.5, 0.6) is 0 Å². The predicted molar refractivity (Wildman–Crippen MR) is 76.8 cm³/mol. The number of carbonyl (C=O) groups excluding carboxylic acids is 2. The number of amides is 1. The van der Waals surface area contributed by atoms with Crippen molar-refractivity contribution in [1.82, 2.24) is 10.3 Å². The van der Waals surface area contributed by atoms with Crippen molar-refractivity contribution in [3.05, 3.63) is 23.9 Å². The van der Waals surface area contributed by atoms with E-state index >= 15 is 0 Å². The lowest BCUT2D eigenvalue weighted by Crippen LogP contribution is -2.37. The molecule has 1 amide bonds. The van der Waals surface area contributed by atoms with Gasteiger partial charge in [-0.1, -0.05) is 0 Å². The van der Waals surface area contributed by atoms with Crippen LogP contribution in [0.2, 0.25) is 0 Å². The molecule has 0 atom stereocenters. The molecule has 1 aromatic heterocycles. The molecule has 0 aliphatic heterocycles. The van der Waals surface area contributed by atoms with E-state index in [2.05, 4.69) is 10.3 Å². The van der Waals surface area contributed by atoms with Crippen molar-refractivity contribution >= 4 is 17.7 Å². The van der Waals surface area contributed by atoms with Gasteiger partial charge in [0.05, 0.1) is 18.7 Å². The normalized spacial score (nSPS) is 9.95. The second kappa shape index (κ2) is 8.14. The summed E-state index contributed by atoms with van der Waals surface area (Å²) in [5.41, 5.74) is 0.407. The minimum atomic E-state index is -0.390. The summed E-state index contributed by atoms with van der Waals surface area (Å²) < 4.78 is 4.89. The highest BCUT2D eigenvalue weighted by Crippen LogP contribution is 2.11. The maximum Gasteiger partial charge on any atom is 0.339 e. The van der Waals surface area contributed by atoms with Crippen molar-refractivity contribution in [3.63, 3.8) is 0 Å². The molecule has 0 saturated carbocycles. The van der Waals surface area contributed by atoms with E-state index in [0.29, 0.717) is 31.1 Å². The van der Waals surface area contributed by atoms with Gasteiger partial charge >= 0.3 is 5.97 Å². The van der Waals surface area contributed by atoms with Gasteiger partial charge in [-0.3, -0.25) is 4.79 Å². The number of carbonyl (C=O) groups is 2. The van der Waals surface area contributed by atoms with Gasteiger partial charge in [-0.25, -0.2) is 9.78 Å². The first kappa shape index (κ1) is 15.9. The van der Waals surface area contributed by atoms with Crippen LogP contribution in [0, 0.1) is 0 Å². The third kappa shape index (κ3) is 4.53. The Balaban J connectivity index is 2.74. The standard InChI is InChI=1S/C14H21N3O3/c1-4-15-13(18)10-17(5-2)12-8-7-11(9-16-12)14(19)20-6-3/h7-9H,4-6,10H2,1-3H3,(H,15,18). The number of esters is 1. The number of rotatable bonds is 7. The van der Waals surface area contributed by atoms with Crippen LogP contribution in [-0.4, -0.2) is 43.1 Å². The SMILES string of the molecule is CCNC(=O)CN(CC)c1ccc(C(=O)OCC)cn1. The van der Waals surface area contributed by atoms with Crippen molar-refractivity contribution in [2.45, 2.75) is 20.8 Å². The van der Waals surface area contributed by atoms with E-state index in [9.17, 15) is 9.59 Å². The molecule has 1 aromatic rings. The summed E-state index contributed by atoms with van der Waals surface area (Å²) in [6, 6.07) is 3.37. The number of aromatic nitrogens is 1. The molecule has 0 aromatic carbocycles. The average Bonchev–Trinajstić information content (AvgIpc) is 2.45. The number of hydrogen-bond donors (Lipinski definition) is 1. The molecule has 0 fully saturated rings. The number of anilines is 1. The van der Waals surface area contributed by atoms with Crippen molar-refractivity contribution < 1.29 is 14.3 Å². The van der Waals surface area contributed by atoms with Gasteiger partial charge in [0.15, 0.2) is 0 Å². The molecule has 0 saturated heterocycles. The summed E-state index contributed by atoms with van der Waals surface area (Å²) in [4.78, 5) is 29.2. The van der Waals surface area contributed by atoms with Gasteiger partial charge in [0.2, 0.25) is 5.91 Å². The lowest BCUT2D eigenvalue weighted by atomic mass is 10.3. The molecule has 1 rings (SSSR count). The predicted octanol–water partition coefficient (Wildman–Crippen LogP) is 1.22. The van der Waals surface area contributed by atoms with E-state index in [1.165, 1.54) is 6.20 Å². The number of nitrogens with zero attached hydrogens (tertiary/aromatic N) is 2. The highest BCUT2D eigenvalue weighted by atomic mass is 16.5. The fourth-order valence-corrected chi connectivity index (χ4v) is 1.69. The first-order chi connectivity index (χ1) is 9.62. The largest absolute Gasteiger partial charge is 0.462 e. The Kier molecular flexibility index (Phi) is 6.49. The quantitative estimate of drug-likeness (QED) is 0.760. The van der Waals surface area contributed by atoms with E-state index < -0.39 is 5.97 Å². The lowest BCUT2D eigenvalue weighted by Gasteiger charge is -2.21. The number of hydrogen-bond acceptors (Lipinski definition) is 5. The van der Waals surface area contributed by atoms with Crippen LogP contribution in [-0.2, 0) is 9.53 Å². The third-order valence-corrected chi connectivity index (χ3v) is 2.67. The van der Waals surface area contributed by atoms with Gasteiger partial charge in [-0.05, 0) is 32.9 Å². The Bertz CT molecular complexity index is 445. The summed E-state index contributed by atoms with van der Waals surface area (Å²) in [6.45, 7) is 7.41. The zero-order chi connectivity index (χ0) is 15.0. The molecule has 110 valence electrons. The Morgan fingerprint density at radius 2 is 2.05 bits per heavy atom. The van der Waals surface area contributed by atoms with E-state index in [-0.39, 0.29) is 12.5 Å². The summed E-state index contributed by atoms with van der Waals surface area (Å²) >= 11 is 0. The van der Waals surface area contributed by atoms with Gasteiger partial charge in [0.25, 0.3) is 0 Å². The molecule has 1 heterocycles. The molecule has 20 heavy (non-hydrogen) atoms. The van der Waals surface area contributed by atoms with Crippen LogP contribution in [0.4, 0.5) is 5.82 Å². The molecule has 6 heteroatoms. The summed E-state index contributed by atoms with van der Waals surface area (Å²) in [5.74, 6) is 0.218. The molecule has 0 unspecified atom stereocenters. The average molecular weight is 279 g/mol. The van der Waals surface area contributed by atoms with Crippen LogP contribution in [0.25, 0.3) is 0 Å². The number of ether oxygens (including phenoxy) is 1. The molecular weight excluding hydrogens is 258 g/mol. The van der Waals surface area contributed by atoms with E-state index in [0.717, 1.165) is 0 Å². The van der Waals surface area contributed by atoms with Crippen LogP contribution >= 0.6 is 0 Å². The first-order valence-electron chi connectivity index (χ1n) is 6.77. The molecule has 0 radical (unpaired) electrons. The van der Waals surface area contributed by atoms with Gasteiger partial charge in [-0.2, -0.15) is 0 Å². The molecule has 0 spiro atoms. The Hall–Kier alpha value is -2.11. The maximum atomic E-state index is 11.6. The second-order valence-electron chi connectivity index (χ2n) is 4.09. The number of likely N-dealkylation sites (N-methyl/N-ethyl adjacent to an activating group) is 2. The first-order valence-corrected chi connectivity index (χ1v) is 6.77. The molecule has 0 aliphatic carbocycles. The minimum absolute atomic E-state index is 0.0504. The number of pyridine rings is 1. The van der Waals surface area contributed by atoms with Crippen molar-refractivity contribution in [2.24, 2.45) is 0 Å². The van der Waals surface area contributed by atoms with E-state index in [1.54, 1.807) is 19.1 Å². The highest BCUT2D eigenvalue weighted by molar-refractivity contribution is 5.89. The number of nitrogens with one attached hydrogen (secondary N) is 1. The van der Waals surface area contributed by atoms with Crippen LogP contribution < -0.4 is 10.2 Å². The second-order valence-corrected chi connectivity index (χ2v) is 4.09. The molecule has 0 bridgehead atoms. The Morgan fingerprint density at radius 3 is 2.55 bits per heavy atom. The summed E-state index contributed by atoms with van der Waals surface area (Å²) in [7, 11) is 0. The van der Waals surface area contributed by atoms with Gasteiger partial charge in [0, 0.05) is 19.3 Å². The fraction of sp³-hybridized carbons (Fsp3) is 0.500. The van der Waals surface area contributed by atoms with Crippen LogP contribution in [0.15, 0.2) is 18.3 Å². The van der Waals surface area contributed by atoms with Gasteiger partial charge < -0.3 is 15.0 Å². The van der Waals surface area contributed by atoms with Gasteiger partial charge in [0.1, 0.15) is 5.82 Å². The van der Waals surface area contributed by atoms with Crippen molar-refractivity contribution in [3.8, 4) is 0 Å². The molecule has 0 aliphatic rings. The van der Waals surface area contributed by atoms with Crippen LogP contribution in [0.3, 0.4) is 0 Å². The smallest absolute Gasteiger partial charge is 0.339 e. The van der Waals surface area contributed by atoms with Crippen molar-refractivity contribution in [1.29, 1.82) is 0 Å². The Labute approximate surface area is 119 Å². The zero-order valence-electron chi connectivity index (χ0n) is 12.2. The zero-order valence-corrected chi connectivity index (χ0v) is 12.2. The lowest BCUT2D eigenvalue weighted by molar-refractivity contribution is -0.119. The van der Waals surface area contributed by atoms with Crippen LogP contribution in [0.1, 0.15) is 31.1 Å². The summed E-state index contributed by atoms with van der Waals surface area (Å²) in [6.07, 6.45) is 1.47. The molecule has 6 nitrogen and oxygen atoms in total. The Morgan fingerprint density at radius 1 is 1.30 bits per heavy atom.